The molecule has 2 aromatic carbocycles. The maximum atomic E-state index is 12.4. The van der Waals surface area contributed by atoms with E-state index in [2.05, 4.69) is 33.5 Å². The average molecular weight is 421 g/mol. The number of benzene rings is 2. The summed E-state index contributed by atoms with van der Waals surface area (Å²) in [5, 5.41) is 4.41. The van der Waals surface area contributed by atoms with E-state index in [1.165, 1.54) is 18.1 Å². The number of primary amides is 1. The van der Waals surface area contributed by atoms with Gasteiger partial charge in [0.15, 0.2) is 0 Å². The summed E-state index contributed by atoms with van der Waals surface area (Å²) in [4.78, 5) is 34.6. The van der Waals surface area contributed by atoms with Gasteiger partial charge in [-0.15, -0.1) is 11.3 Å². The molecule has 0 saturated heterocycles. The van der Waals surface area contributed by atoms with E-state index in [4.69, 9.17) is 5.73 Å². The number of hydrogen-bond acceptors (Lipinski definition) is 6. The number of fused-ring (bicyclic) bond motifs is 1. The van der Waals surface area contributed by atoms with Crippen LogP contribution in [0.2, 0.25) is 0 Å². The molecule has 6 nitrogen and oxygen atoms in total. The molecule has 0 bridgehead atoms. The molecule has 0 spiro atoms. The highest BCUT2D eigenvalue weighted by Crippen LogP contribution is 2.36. The molecule has 0 aliphatic heterocycles. The Morgan fingerprint density at radius 2 is 1.79 bits per heavy atom. The van der Waals surface area contributed by atoms with Crippen LogP contribution in [0.25, 0.3) is 20.7 Å². The van der Waals surface area contributed by atoms with E-state index in [1.54, 1.807) is 35.6 Å². The maximum Gasteiger partial charge on any atom is 0.250 e. The van der Waals surface area contributed by atoms with Crippen LogP contribution in [0.15, 0.2) is 72.0 Å². The molecule has 0 radical (unpaired) electrons. The molecule has 2 aromatic heterocycles. The van der Waals surface area contributed by atoms with Crippen LogP contribution in [0.5, 0.6) is 0 Å². The zero-order valence-electron chi connectivity index (χ0n) is 15.2. The van der Waals surface area contributed by atoms with E-state index in [9.17, 15) is 9.59 Å². The number of para-hydroxylation sites is 1. The summed E-state index contributed by atoms with van der Waals surface area (Å²) < 4.78 is 0. The van der Waals surface area contributed by atoms with E-state index >= 15 is 0 Å². The molecule has 3 N–H and O–H groups in total. The van der Waals surface area contributed by atoms with E-state index in [1.807, 2.05) is 18.2 Å². The van der Waals surface area contributed by atoms with Crippen LogP contribution in [0, 0.1) is 0 Å². The quantitative estimate of drug-likeness (QED) is 0.360. The molecule has 8 heteroatoms. The highest BCUT2D eigenvalue weighted by molar-refractivity contribution is 8.00. The Bertz CT molecular complexity index is 1190. The van der Waals surface area contributed by atoms with Crippen molar-refractivity contribution in [1.29, 1.82) is 0 Å². The van der Waals surface area contributed by atoms with Crippen LogP contribution in [0.3, 0.4) is 0 Å². The number of nitrogens with zero attached hydrogens (tertiary/aromatic N) is 2. The number of nitrogens with one attached hydrogen (secondary N) is 1. The Labute approximate surface area is 175 Å². The van der Waals surface area contributed by atoms with Gasteiger partial charge in [0.05, 0.1) is 17.0 Å². The Hall–Kier alpha value is -3.23. The van der Waals surface area contributed by atoms with Crippen molar-refractivity contribution in [2.24, 2.45) is 5.73 Å². The molecule has 2 heterocycles. The predicted octanol–water partition coefficient (Wildman–Crippen LogP) is 4.19. The van der Waals surface area contributed by atoms with E-state index < -0.39 is 5.91 Å². The minimum Gasteiger partial charge on any atom is -0.366 e. The van der Waals surface area contributed by atoms with Gasteiger partial charge < -0.3 is 11.1 Å². The molecule has 4 rings (SSSR count). The van der Waals surface area contributed by atoms with Crippen molar-refractivity contribution in [3.63, 3.8) is 0 Å². The van der Waals surface area contributed by atoms with Crippen molar-refractivity contribution in [2.45, 2.75) is 5.03 Å². The van der Waals surface area contributed by atoms with Crippen molar-refractivity contribution in [3.8, 4) is 10.4 Å². The van der Waals surface area contributed by atoms with E-state index in [-0.39, 0.29) is 17.2 Å². The third-order valence-electron chi connectivity index (χ3n) is 4.16. The first-order valence-electron chi connectivity index (χ1n) is 8.73. The van der Waals surface area contributed by atoms with Crippen molar-refractivity contribution < 1.29 is 9.59 Å². The van der Waals surface area contributed by atoms with Gasteiger partial charge in [-0.2, -0.15) is 0 Å². The minimum absolute atomic E-state index is 0.149. The second-order valence-corrected chi connectivity index (χ2v) is 8.12. The predicted molar refractivity (Wildman–Crippen MR) is 117 cm³/mol. The summed E-state index contributed by atoms with van der Waals surface area (Å²) in [6.45, 7) is 0. The van der Waals surface area contributed by atoms with Gasteiger partial charge in [-0.1, -0.05) is 54.2 Å². The second-order valence-electron chi connectivity index (χ2n) is 6.12. The molecular weight excluding hydrogens is 404 g/mol. The lowest BCUT2D eigenvalue weighted by atomic mass is 10.1. The minimum atomic E-state index is -0.585. The summed E-state index contributed by atoms with van der Waals surface area (Å²) in [6.07, 6.45) is 1.51. The van der Waals surface area contributed by atoms with Crippen molar-refractivity contribution in [3.05, 3.63) is 72.6 Å². The molecular formula is C21H16N4O2S2. The first kappa shape index (κ1) is 19.1. The van der Waals surface area contributed by atoms with Gasteiger partial charge in [0.1, 0.15) is 16.2 Å². The molecule has 0 fully saturated rings. The smallest absolute Gasteiger partial charge is 0.250 e. The number of amides is 2. The topological polar surface area (TPSA) is 98.0 Å². The van der Waals surface area contributed by atoms with E-state index in [0.717, 1.165) is 25.7 Å². The monoisotopic (exact) mass is 420 g/mol. The first-order chi connectivity index (χ1) is 14.1. The fourth-order valence-corrected chi connectivity index (χ4v) is 4.66. The molecule has 0 saturated carbocycles. The van der Waals surface area contributed by atoms with Gasteiger partial charge in [0.25, 0.3) is 5.91 Å². The number of rotatable bonds is 6. The fraction of sp³-hybridized carbons (Fsp3) is 0.0476. The maximum absolute atomic E-state index is 12.4. The summed E-state index contributed by atoms with van der Waals surface area (Å²) in [5.74, 6) is -0.679. The molecule has 0 unspecified atom stereocenters. The number of nitrogens with two attached hydrogens (primary N) is 1. The van der Waals surface area contributed by atoms with Crippen molar-refractivity contribution >= 4 is 50.8 Å². The van der Waals surface area contributed by atoms with Gasteiger partial charge >= 0.3 is 0 Å². The summed E-state index contributed by atoms with van der Waals surface area (Å²) >= 11 is 2.92. The highest BCUT2D eigenvalue weighted by atomic mass is 32.2. The van der Waals surface area contributed by atoms with Crippen LogP contribution in [-0.4, -0.2) is 27.5 Å². The number of thiophene rings is 1. The number of carbonyl (C=O) groups excluding carboxylic acids is 2. The average Bonchev–Trinajstić information content (AvgIpc) is 3.18. The lowest BCUT2D eigenvalue weighted by molar-refractivity contribution is -0.113. The number of anilines is 1. The number of thioether (sulfide) groups is 1. The van der Waals surface area contributed by atoms with Crippen molar-refractivity contribution in [1.82, 2.24) is 9.97 Å². The molecule has 29 heavy (non-hydrogen) atoms. The van der Waals surface area contributed by atoms with Crippen molar-refractivity contribution in [2.75, 3.05) is 11.1 Å². The van der Waals surface area contributed by atoms with Crippen LogP contribution in [0.1, 0.15) is 10.4 Å². The Kier molecular flexibility index (Phi) is 5.55. The van der Waals surface area contributed by atoms with Gasteiger partial charge in [-0.05, 0) is 23.8 Å². The summed E-state index contributed by atoms with van der Waals surface area (Å²) in [6, 6.07) is 18.8. The van der Waals surface area contributed by atoms with E-state index in [0.29, 0.717) is 5.69 Å². The molecule has 144 valence electrons. The standard InChI is InChI=1S/C21H16N4O2S2/c22-19(27)14-8-4-5-9-16(14)25-18(26)11-28-20-15-10-17(13-6-2-1-3-7-13)29-21(15)24-12-23-20/h1-10,12H,11H2,(H2,22,27)(H,25,26). The zero-order chi connectivity index (χ0) is 20.2. The first-order valence-corrected chi connectivity index (χ1v) is 10.5. The Balaban J connectivity index is 1.51. The Morgan fingerprint density at radius 3 is 2.59 bits per heavy atom. The summed E-state index contributed by atoms with van der Waals surface area (Å²) in [5.41, 5.74) is 7.16. The zero-order valence-corrected chi connectivity index (χ0v) is 16.8. The second kappa shape index (κ2) is 8.42. The number of carbonyl (C=O) groups is 2. The highest BCUT2D eigenvalue weighted by Gasteiger charge is 2.14. The van der Waals surface area contributed by atoms with Gasteiger partial charge in [-0.3, -0.25) is 9.59 Å². The number of aromatic nitrogens is 2. The fourth-order valence-electron chi connectivity index (χ4n) is 2.82. The molecule has 0 aliphatic carbocycles. The van der Waals surface area contributed by atoms with Gasteiger partial charge in [0, 0.05) is 10.3 Å². The number of hydrogen-bond donors (Lipinski definition) is 2. The molecule has 2 amide bonds. The third-order valence-corrected chi connectivity index (χ3v) is 6.26. The van der Waals surface area contributed by atoms with Crippen LogP contribution < -0.4 is 11.1 Å². The summed E-state index contributed by atoms with van der Waals surface area (Å²) in [7, 11) is 0. The largest absolute Gasteiger partial charge is 0.366 e. The lowest BCUT2D eigenvalue weighted by Gasteiger charge is -2.08. The normalized spacial score (nSPS) is 10.8. The van der Waals surface area contributed by atoms with Gasteiger partial charge in [-0.25, -0.2) is 9.97 Å². The Morgan fingerprint density at radius 1 is 1.03 bits per heavy atom. The third kappa shape index (κ3) is 4.28. The molecule has 0 atom stereocenters. The van der Waals surface area contributed by atoms with Gasteiger partial charge in [0.2, 0.25) is 5.91 Å². The van der Waals surface area contributed by atoms with Crippen LogP contribution in [-0.2, 0) is 4.79 Å². The SMILES string of the molecule is NC(=O)c1ccccc1NC(=O)CSc1ncnc2sc(-c3ccccc3)cc12. The molecule has 0 aliphatic rings. The van der Waals surface area contributed by atoms with Crippen LogP contribution in [0.4, 0.5) is 5.69 Å². The lowest BCUT2D eigenvalue weighted by Crippen LogP contribution is -2.19. The molecule has 4 aromatic rings. The van der Waals surface area contributed by atoms with Crippen LogP contribution >= 0.6 is 23.1 Å².